The van der Waals surface area contributed by atoms with E-state index in [2.05, 4.69) is 15.3 Å². The summed E-state index contributed by atoms with van der Waals surface area (Å²) in [6.45, 7) is 3.40. The van der Waals surface area contributed by atoms with Crippen molar-refractivity contribution < 1.29 is 32.6 Å². The Morgan fingerprint density at radius 2 is 1.84 bits per heavy atom. The second-order valence-corrected chi connectivity index (χ2v) is 8.20. The Hall–Kier alpha value is -4.73. The van der Waals surface area contributed by atoms with Gasteiger partial charge in [0.1, 0.15) is 29.5 Å². The normalized spacial score (nSPS) is 11.3. The van der Waals surface area contributed by atoms with E-state index in [1.807, 2.05) is 0 Å². The second-order valence-electron chi connectivity index (χ2n) is 8.20. The first-order valence-electron chi connectivity index (χ1n) is 11.7. The number of amides is 1. The zero-order valence-corrected chi connectivity index (χ0v) is 21.3. The molecule has 9 nitrogen and oxygen atoms in total. The third-order valence-corrected chi connectivity index (χ3v) is 5.69. The summed E-state index contributed by atoms with van der Waals surface area (Å²) in [6.07, 6.45) is 1.79. The predicted octanol–water partition coefficient (Wildman–Crippen LogP) is 5.23. The van der Waals surface area contributed by atoms with Crippen LogP contribution in [0.3, 0.4) is 0 Å². The Bertz CT molecular complexity index is 1560. The number of anilines is 1. The highest BCUT2D eigenvalue weighted by atomic mass is 19.1. The second kappa shape index (κ2) is 11.5. The fraction of sp³-hybridized carbons (Fsp3) is 0.214. The van der Waals surface area contributed by atoms with Crippen LogP contribution in [0, 0.1) is 12.7 Å². The molecule has 2 aromatic carbocycles. The molecule has 0 unspecified atom stereocenters. The van der Waals surface area contributed by atoms with Gasteiger partial charge in [0.25, 0.3) is 5.91 Å². The van der Waals surface area contributed by atoms with E-state index in [1.165, 1.54) is 38.5 Å². The number of carbonyl (C=O) groups excluding carboxylic acids is 2. The highest BCUT2D eigenvalue weighted by Crippen LogP contribution is 2.30. The Morgan fingerprint density at radius 1 is 1.08 bits per heavy atom. The van der Waals surface area contributed by atoms with Gasteiger partial charge in [-0.15, -0.1) is 0 Å². The molecule has 0 radical (unpaired) electrons. The first-order chi connectivity index (χ1) is 18.3. The number of nitrogens with zero attached hydrogens (tertiary/aromatic N) is 2. The van der Waals surface area contributed by atoms with Crippen molar-refractivity contribution in [3.63, 3.8) is 0 Å². The molecule has 0 aliphatic rings. The molecule has 0 aliphatic carbocycles. The van der Waals surface area contributed by atoms with E-state index in [-0.39, 0.29) is 30.1 Å². The largest absolute Gasteiger partial charge is 0.497 e. The monoisotopic (exact) mass is 519 g/mol. The van der Waals surface area contributed by atoms with E-state index in [0.29, 0.717) is 45.1 Å². The van der Waals surface area contributed by atoms with Gasteiger partial charge in [0, 0.05) is 29.6 Å². The lowest BCUT2D eigenvalue weighted by Crippen LogP contribution is -2.22. The van der Waals surface area contributed by atoms with Crippen LogP contribution in [0.1, 0.15) is 35.0 Å². The minimum atomic E-state index is -0.536. The van der Waals surface area contributed by atoms with Gasteiger partial charge in [0.05, 0.1) is 31.3 Å². The lowest BCUT2D eigenvalue weighted by molar-refractivity contribution is -0.144. The van der Waals surface area contributed by atoms with Crippen molar-refractivity contribution in [2.75, 3.05) is 19.5 Å². The molecule has 2 aromatic heterocycles. The molecule has 0 saturated carbocycles. The van der Waals surface area contributed by atoms with Gasteiger partial charge >= 0.3 is 5.97 Å². The zero-order chi connectivity index (χ0) is 27.2. The van der Waals surface area contributed by atoms with Crippen LogP contribution >= 0.6 is 0 Å². The Morgan fingerprint density at radius 3 is 2.53 bits per heavy atom. The Balaban J connectivity index is 1.87. The molecule has 0 aliphatic heterocycles. The van der Waals surface area contributed by atoms with Crippen molar-refractivity contribution in [3.05, 3.63) is 82.9 Å². The van der Waals surface area contributed by atoms with Crippen LogP contribution < -0.4 is 20.3 Å². The molecule has 0 atom stereocenters. The maximum absolute atomic E-state index is 13.6. The van der Waals surface area contributed by atoms with E-state index < -0.39 is 11.7 Å². The molecular formula is C28H26FN3O6. The molecule has 0 spiro atoms. The summed E-state index contributed by atoms with van der Waals surface area (Å²) >= 11 is 0. The molecular weight excluding hydrogens is 493 g/mol. The van der Waals surface area contributed by atoms with Crippen LogP contribution in [0.4, 0.5) is 15.8 Å². The molecule has 0 bridgehead atoms. The van der Waals surface area contributed by atoms with Crippen LogP contribution in [-0.2, 0) is 16.1 Å². The molecule has 2 heterocycles. The average molecular weight is 520 g/mol. The summed E-state index contributed by atoms with van der Waals surface area (Å²) < 4.78 is 35.5. The van der Waals surface area contributed by atoms with Gasteiger partial charge in [-0.1, -0.05) is 6.92 Å². The summed E-state index contributed by atoms with van der Waals surface area (Å²) in [7, 11) is 3.00. The van der Waals surface area contributed by atoms with Gasteiger partial charge in [0.2, 0.25) is 5.55 Å². The summed E-state index contributed by atoms with van der Waals surface area (Å²) in [5.74, 6) is -0.383. The molecule has 0 saturated heterocycles. The van der Waals surface area contributed by atoms with Crippen LogP contribution in [0.5, 0.6) is 11.5 Å². The van der Waals surface area contributed by atoms with Crippen LogP contribution in [0.25, 0.3) is 11.0 Å². The predicted molar refractivity (Wildman–Crippen MR) is 138 cm³/mol. The highest BCUT2D eigenvalue weighted by molar-refractivity contribution is 6.06. The highest BCUT2D eigenvalue weighted by Gasteiger charge is 2.19. The maximum atomic E-state index is 13.6. The number of nitrogens with one attached hydrogen (secondary N) is 1. The number of aryl methyl sites for hydroxylation is 1. The van der Waals surface area contributed by atoms with E-state index in [4.69, 9.17) is 18.6 Å². The maximum Gasteiger partial charge on any atom is 0.305 e. The first-order valence-corrected chi connectivity index (χ1v) is 11.7. The fourth-order valence-corrected chi connectivity index (χ4v) is 3.63. The Labute approximate surface area is 217 Å². The molecule has 0 fully saturated rings. The van der Waals surface area contributed by atoms with Crippen molar-refractivity contribution in [2.45, 2.75) is 26.9 Å². The van der Waals surface area contributed by atoms with Crippen LogP contribution in [0.2, 0.25) is 0 Å². The number of rotatable bonds is 8. The number of fused-ring (bicyclic) bond motifs is 1. The summed E-state index contributed by atoms with van der Waals surface area (Å²) in [5, 5.41) is 3.36. The number of carbonyl (C=O) groups is 2. The molecule has 4 aromatic rings. The number of hydrogen-bond donors (Lipinski definition) is 1. The summed E-state index contributed by atoms with van der Waals surface area (Å²) in [6, 6.07) is 12.0. The van der Waals surface area contributed by atoms with Crippen LogP contribution in [0.15, 0.2) is 64.1 Å². The summed E-state index contributed by atoms with van der Waals surface area (Å²) in [5.41, 5.74) is 2.33. The minimum Gasteiger partial charge on any atom is -0.497 e. The van der Waals surface area contributed by atoms with Gasteiger partial charge in [-0.25, -0.2) is 9.38 Å². The van der Waals surface area contributed by atoms with Gasteiger partial charge < -0.3 is 23.9 Å². The molecule has 4 rings (SSSR count). The molecule has 196 valence electrons. The van der Waals surface area contributed by atoms with Gasteiger partial charge in [-0.05, 0) is 49.4 Å². The number of pyridine rings is 1. The zero-order valence-electron chi connectivity index (χ0n) is 21.3. The van der Waals surface area contributed by atoms with E-state index >= 15 is 0 Å². The lowest BCUT2D eigenvalue weighted by atomic mass is 10.1. The molecule has 1 amide bonds. The number of ether oxygens (including phenoxy) is 3. The Kier molecular flexibility index (Phi) is 8.00. The minimum absolute atomic E-state index is 0.0123. The van der Waals surface area contributed by atoms with Gasteiger partial charge in [0.15, 0.2) is 5.58 Å². The van der Waals surface area contributed by atoms with E-state index in [1.54, 1.807) is 44.3 Å². The molecule has 38 heavy (non-hydrogen) atoms. The van der Waals surface area contributed by atoms with Crippen molar-refractivity contribution in [2.24, 2.45) is 4.99 Å². The average Bonchev–Trinajstić information content (AvgIpc) is 2.93. The number of hydrogen-bond acceptors (Lipinski definition) is 8. The molecule has 10 heteroatoms. The van der Waals surface area contributed by atoms with Gasteiger partial charge in [-0.3, -0.25) is 14.6 Å². The third-order valence-electron chi connectivity index (χ3n) is 5.69. The van der Waals surface area contributed by atoms with Crippen molar-refractivity contribution in [1.29, 1.82) is 0 Å². The topological polar surface area (TPSA) is 112 Å². The van der Waals surface area contributed by atoms with Crippen molar-refractivity contribution >= 4 is 34.2 Å². The van der Waals surface area contributed by atoms with Crippen molar-refractivity contribution in [3.8, 4) is 11.5 Å². The van der Waals surface area contributed by atoms with Crippen molar-refractivity contribution in [1.82, 2.24) is 4.98 Å². The van der Waals surface area contributed by atoms with Crippen LogP contribution in [-0.4, -0.2) is 31.1 Å². The third kappa shape index (κ3) is 5.80. The number of benzene rings is 2. The van der Waals surface area contributed by atoms with Gasteiger partial charge in [-0.2, -0.15) is 0 Å². The quantitative estimate of drug-likeness (QED) is 0.317. The lowest BCUT2D eigenvalue weighted by Gasteiger charge is -2.13. The number of methoxy groups -OCH3 is 2. The number of aromatic nitrogens is 1. The first kappa shape index (κ1) is 26.3. The number of esters is 1. The number of halogens is 1. The fourth-order valence-electron chi connectivity index (χ4n) is 3.63. The standard InChI is InChI=1S/C28H26FN3O6/c1-5-25(33)37-15-17-14-30-16(2)26-21(17)13-22(28(38-26)31-19-8-6-18(29)7-9-19)27(34)32-23-11-10-20(35-3)12-24(23)36-4/h6-14H,5,15H2,1-4H3,(H,32,34). The van der Waals surface area contributed by atoms with E-state index in [0.717, 1.165) is 0 Å². The van der Waals surface area contributed by atoms with E-state index in [9.17, 15) is 14.0 Å². The smallest absolute Gasteiger partial charge is 0.305 e. The SMILES string of the molecule is CCC(=O)OCc1cnc(C)c2oc(=Nc3ccc(F)cc3)c(C(=O)Nc3ccc(OC)cc3OC)cc12. The summed E-state index contributed by atoms with van der Waals surface area (Å²) in [4.78, 5) is 34.1. The molecule has 1 N–H and O–H groups in total.